The quantitative estimate of drug-likeness (QED) is 0.569. The molecule has 1 unspecified atom stereocenters. The Morgan fingerprint density at radius 2 is 2.14 bits per heavy atom. The van der Waals surface area contributed by atoms with Crippen LogP contribution in [0.25, 0.3) is 11.5 Å². The molecule has 1 aliphatic heterocycles. The van der Waals surface area contributed by atoms with Gasteiger partial charge in [0.05, 0.1) is 32.2 Å². The zero-order chi connectivity index (χ0) is 20.1. The second-order valence-electron chi connectivity index (χ2n) is 7.02. The van der Waals surface area contributed by atoms with Gasteiger partial charge in [0.25, 0.3) is 5.89 Å². The molecule has 3 aromatic rings. The summed E-state index contributed by atoms with van der Waals surface area (Å²) in [5.41, 5.74) is 1.87. The highest BCUT2D eigenvalue weighted by Crippen LogP contribution is 2.27. The molecule has 8 nitrogen and oxygen atoms in total. The lowest BCUT2D eigenvalue weighted by atomic mass is 10.1. The molecule has 1 aliphatic rings. The maximum atomic E-state index is 6.06. The van der Waals surface area contributed by atoms with Gasteiger partial charge in [-0.3, -0.25) is 4.90 Å². The van der Waals surface area contributed by atoms with E-state index < -0.39 is 0 Å². The summed E-state index contributed by atoms with van der Waals surface area (Å²) in [6, 6.07) is 7.66. The SMILES string of the molecule is COc1ccc(OC)c(CN2CCCC(OCc3noc(-c4ccoc4)n3)C2)c1. The van der Waals surface area contributed by atoms with Crippen LogP contribution in [0.2, 0.25) is 0 Å². The average molecular weight is 399 g/mol. The number of piperidine rings is 1. The molecule has 0 spiro atoms. The van der Waals surface area contributed by atoms with Gasteiger partial charge in [0.2, 0.25) is 0 Å². The lowest BCUT2D eigenvalue weighted by Gasteiger charge is -2.32. The summed E-state index contributed by atoms with van der Waals surface area (Å²) in [6.07, 6.45) is 5.35. The molecule has 1 aromatic carbocycles. The molecule has 154 valence electrons. The smallest absolute Gasteiger partial charge is 0.261 e. The van der Waals surface area contributed by atoms with Crippen LogP contribution in [0.15, 0.2) is 45.7 Å². The molecule has 0 N–H and O–H groups in total. The van der Waals surface area contributed by atoms with Crippen LogP contribution in [-0.4, -0.2) is 48.5 Å². The van der Waals surface area contributed by atoms with E-state index in [1.54, 1.807) is 32.8 Å². The van der Waals surface area contributed by atoms with Gasteiger partial charge < -0.3 is 23.2 Å². The highest BCUT2D eigenvalue weighted by molar-refractivity contribution is 5.49. The molecule has 0 radical (unpaired) electrons. The number of ether oxygens (including phenoxy) is 3. The van der Waals surface area contributed by atoms with Gasteiger partial charge in [-0.25, -0.2) is 0 Å². The van der Waals surface area contributed by atoms with Crippen LogP contribution in [0.4, 0.5) is 0 Å². The zero-order valence-electron chi connectivity index (χ0n) is 16.7. The molecular weight excluding hydrogens is 374 g/mol. The Hall–Kier alpha value is -2.84. The van der Waals surface area contributed by atoms with Crippen molar-refractivity contribution in [2.45, 2.75) is 32.1 Å². The minimum Gasteiger partial charge on any atom is -0.497 e. The van der Waals surface area contributed by atoms with E-state index in [9.17, 15) is 0 Å². The van der Waals surface area contributed by atoms with E-state index in [2.05, 4.69) is 15.0 Å². The third-order valence-electron chi connectivity index (χ3n) is 5.03. The third kappa shape index (κ3) is 4.78. The Balaban J connectivity index is 1.33. The van der Waals surface area contributed by atoms with Crippen molar-refractivity contribution in [1.82, 2.24) is 15.0 Å². The Bertz CT molecular complexity index is 909. The van der Waals surface area contributed by atoms with E-state index in [0.29, 0.717) is 18.3 Å². The Kier molecular flexibility index (Phi) is 6.12. The molecule has 0 aliphatic carbocycles. The van der Waals surface area contributed by atoms with Gasteiger partial charge in [0, 0.05) is 18.7 Å². The molecule has 3 heterocycles. The number of rotatable bonds is 8. The van der Waals surface area contributed by atoms with Gasteiger partial charge >= 0.3 is 0 Å². The minimum atomic E-state index is 0.122. The van der Waals surface area contributed by atoms with E-state index >= 15 is 0 Å². The van der Waals surface area contributed by atoms with Crippen LogP contribution in [0, 0.1) is 0 Å². The first-order chi connectivity index (χ1) is 14.2. The second kappa shape index (κ2) is 9.11. The maximum absolute atomic E-state index is 6.06. The second-order valence-corrected chi connectivity index (χ2v) is 7.02. The first-order valence-electron chi connectivity index (χ1n) is 9.65. The first kappa shape index (κ1) is 19.5. The van der Waals surface area contributed by atoms with Crippen LogP contribution >= 0.6 is 0 Å². The highest BCUT2D eigenvalue weighted by atomic mass is 16.5. The van der Waals surface area contributed by atoms with E-state index in [1.807, 2.05) is 18.2 Å². The standard InChI is InChI=1S/C21H25N3O5/c1-25-17-5-6-19(26-2)16(10-17)11-24-8-3-4-18(12-24)28-14-20-22-21(29-23-20)15-7-9-27-13-15/h5-7,9-10,13,18H,3-4,8,11-12,14H2,1-2H3. The van der Waals surface area contributed by atoms with E-state index in [4.69, 9.17) is 23.2 Å². The van der Waals surface area contributed by atoms with Crippen LogP contribution in [0.5, 0.6) is 11.5 Å². The molecule has 0 bridgehead atoms. The number of hydrogen-bond acceptors (Lipinski definition) is 8. The molecule has 1 atom stereocenters. The summed E-state index contributed by atoms with van der Waals surface area (Å²) in [6.45, 7) is 2.97. The third-order valence-corrected chi connectivity index (χ3v) is 5.03. The van der Waals surface area contributed by atoms with Gasteiger partial charge in [-0.1, -0.05) is 5.16 Å². The van der Waals surface area contributed by atoms with Crippen LogP contribution in [-0.2, 0) is 17.9 Å². The van der Waals surface area contributed by atoms with Gasteiger partial charge in [-0.2, -0.15) is 4.98 Å². The van der Waals surface area contributed by atoms with Gasteiger partial charge in [0.1, 0.15) is 24.4 Å². The predicted octanol–water partition coefficient (Wildman–Crippen LogP) is 3.53. The predicted molar refractivity (Wildman–Crippen MR) is 105 cm³/mol. The summed E-state index contributed by atoms with van der Waals surface area (Å²) in [5.74, 6) is 2.67. The maximum Gasteiger partial charge on any atom is 0.261 e. The topological polar surface area (TPSA) is 83.0 Å². The number of likely N-dealkylation sites (tertiary alicyclic amines) is 1. The van der Waals surface area contributed by atoms with Crippen LogP contribution in [0.3, 0.4) is 0 Å². The molecule has 0 amide bonds. The first-order valence-corrected chi connectivity index (χ1v) is 9.65. The molecule has 1 fully saturated rings. The number of methoxy groups -OCH3 is 2. The van der Waals surface area contributed by atoms with Crippen molar-refractivity contribution in [3.05, 3.63) is 48.2 Å². The van der Waals surface area contributed by atoms with E-state index in [0.717, 1.165) is 55.1 Å². The van der Waals surface area contributed by atoms with Crippen molar-refractivity contribution < 1.29 is 23.2 Å². The molecule has 8 heteroatoms. The molecule has 1 saturated heterocycles. The van der Waals surface area contributed by atoms with Gasteiger partial charge in [-0.05, 0) is 43.7 Å². The Morgan fingerprint density at radius 3 is 2.93 bits per heavy atom. The minimum absolute atomic E-state index is 0.122. The van der Waals surface area contributed by atoms with Crippen molar-refractivity contribution in [2.75, 3.05) is 27.3 Å². The lowest BCUT2D eigenvalue weighted by molar-refractivity contribution is -0.0152. The fraction of sp³-hybridized carbons (Fsp3) is 0.429. The molecular formula is C21H25N3O5. The van der Waals surface area contributed by atoms with Crippen LogP contribution in [0.1, 0.15) is 24.2 Å². The van der Waals surface area contributed by atoms with E-state index in [-0.39, 0.29) is 6.10 Å². The summed E-state index contributed by atoms with van der Waals surface area (Å²) in [7, 11) is 3.36. The molecule has 29 heavy (non-hydrogen) atoms. The number of aromatic nitrogens is 2. The largest absolute Gasteiger partial charge is 0.497 e. The number of hydrogen-bond donors (Lipinski definition) is 0. The molecule has 2 aromatic heterocycles. The fourth-order valence-corrected chi connectivity index (χ4v) is 3.55. The van der Waals surface area contributed by atoms with Crippen molar-refractivity contribution in [3.8, 4) is 23.0 Å². The number of furan rings is 1. The van der Waals surface area contributed by atoms with Crippen LogP contribution < -0.4 is 9.47 Å². The molecule has 4 rings (SSSR count). The summed E-state index contributed by atoms with van der Waals surface area (Å²) >= 11 is 0. The fourth-order valence-electron chi connectivity index (χ4n) is 3.55. The van der Waals surface area contributed by atoms with E-state index in [1.165, 1.54) is 0 Å². The molecule has 0 saturated carbocycles. The van der Waals surface area contributed by atoms with Gasteiger partial charge in [-0.15, -0.1) is 0 Å². The lowest BCUT2D eigenvalue weighted by Crippen LogP contribution is -2.39. The normalized spacial score (nSPS) is 17.4. The van der Waals surface area contributed by atoms with Crippen molar-refractivity contribution in [2.24, 2.45) is 0 Å². The number of benzene rings is 1. The van der Waals surface area contributed by atoms with Crippen molar-refractivity contribution >= 4 is 0 Å². The monoisotopic (exact) mass is 399 g/mol. The Labute approximate surface area is 169 Å². The van der Waals surface area contributed by atoms with Crippen molar-refractivity contribution in [3.63, 3.8) is 0 Å². The Morgan fingerprint density at radius 1 is 1.21 bits per heavy atom. The summed E-state index contributed by atoms with van der Waals surface area (Å²) in [4.78, 5) is 6.73. The average Bonchev–Trinajstić information content (AvgIpc) is 3.44. The summed E-state index contributed by atoms with van der Waals surface area (Å²) < 4.78 is 27.2. The highest BCUT2D eigenvalue weighted by Gasteiger charge is 2.22. The van der Waals surface area contributed by atoms with Gasteiger partial charge in [0.15, 0.2) is 5.82 Å². The number of nitrogens with zero attached hydrogens (tertiary/aromatic N) is 3. The zero-order valence-corrected chi connectivity index (χ0v) is 16.7. The summed E-state index contributed by atoms with van der Waals surface area (Å²) in [5, 5.41) is 3.99. The van der Waals surface area contributed by atoms with Crippen molar-refractivity contribution in [1.29, 1.82) is 0 Å².